The van der Waals surface area contributed by atoms with Gasteiger partial charge in [0.25, 0.3) is 5.69 Å². The van der Waals surface area contributed by atoms with E-state index in [4.69, 9.17) is 4.42 Å². The Morgan fingerprint density at radius 2 is 2.10 bits per heavy atom. The number of aromatic nitrogens is 1. The highest BCUT2D eigenvalue weighted by atomic mass is 19.2. The predicted octanol–water partition coefficient (Wildman–Crippen LogP) is 2.78. The highest BCUT2D eigenvalue weighted by Crippen LogP contribution is 2.31. The van der Waals surface area contributed by atoms with E-state index >= 15 is 0 Å². The van der Waals surface area contributed by atoms with Gasteiger partial charge in [-0.3, -0.25) is 10.1 Å². The zero-order chi connectivity index (χ0) is 15.0. The highest BCUT2D eigenvalue weighted by Gasteiger charge is 2.24. The number of oxazole rings is 1. The number of nitro groups is 1. The molecular formula is C13H11F2N3O3. The zero-order valence-electron chi connectivity index (χ0n) is 10.8. The fourth-order valence-electron chi connectivity index (χ4n) is 1.91. The van der Waals surface area contributed by atoms with Crippen molar-refractivity contribution in [2.75, 3.05) is 0 Å². The van der Waals surface area contributed by atoms with E-state index in [9.17, 15) is 18.9 Å². The first-order valence-electron chi connectivity index (χ1n) is 6.36. The maximum Gasteiger partial charge on any atom is 0.285 e. The Bertz CT molecular complexity index is 698. The van der Waals surface area contributed by atoms with E-state index in [2.05, 4.69) is 10.3 Å². The van der Waals surface area contributed by atoms with Crippen molar-refractivity contribution in [1.82, 2.24) is 10.3 Å². The average molecular weight is 295 g/mol. The second-order valence-corrected chi connectivity index (χ2v) is 4.84. The standard InChI is InChI=1S/C13H11F2N3O3/c14-10-3-9(12(18(19)20)4-11(10)15)13-17-8(6-21-13)5-16-7-1-2-7/h3-4,6-7,16H,1-2,5H2. The number of hydrogen-bond donors (Lipinski definition) is 1. The molecule has 110 valence electrons. The van der Waals surface area contributed by atoms with E-state index in [1.165, 1.54) is 6.26 Å². The van der Waals surface area contributed by atoms with Gasteiger partial charge < -0.3 is 9.73 Å². The highest BCUT2D eigenvalue weighted by molar-refractivity contribution is 5.67. The molecule has 1 aliphatic rings. The van der Waals surface area contributed by atoms with Crippen LogP contribution in [0.15, 0.2) is 22.8 Å². The van der Waals surface area contributed by atoms with E-state index < -0.39 is 22.2 Å². The van der Waals surface area contributed by atoms with Crippen molar-refractivity contribution in [3.8, 4) is 11.5 Å². The summed E-state index contributed by atoms with van der Waals surface area (Å²) >= 11 is 0. The summed E-state index contributed by atoms with van der Waals surface area (Å²) in [6, 6.07) is 1.72. The molecule has 1 aliphatic carbocycles. The van der Waals surface area contributed by atoms with Crippen molar-refractivity contribution in [3.63, 3.8) is 0 Å². The minimum atomic E-state index is -1.28. The Morgan fingerprint density at radius 3 is 2.76 bits per heavy atom. The molecule has 0 amide bonds. The van der Waals surface area contributed by atoms with Gasteiger partial charge >= 0.3 is 0 Å². The minimum Gasteiger partial charge on any atom is -0.444 e. The van der Waals surface area contributed by atoms with Gasteiger partial charge in [-0.05, 0) is 18.9 Å². The van der Waals surface area contributed by atoms with Crippen molar-refractivity contribution in [2.45, 2.75) is 25.4 Å². The Hall–Kier alpha value is -2.35. The van der Waals surface area contributed by atoms with Crippen LogP contribution in [0.3, 0.4) is 0 Å². The summed E-state index contributed by atoms with van der Waals surface area (Å²) in [6.45, 7) is 0.464. The summed E-state index contributed by atoms with van der Waals surface area (Å²) < 4.78 is 31.6. The van der Waals surface area contributed by atoms with Crippen molar-refractivity contribution < 1.29 is 18.1 Å². The number of hydrogen-bond acceptors (Lipinski definition) is 5. The largest absolute Gasteiger partial charge is 0.444 e. The first-order chi connectivity index (χ1) is 10.0. The molecule has 3 rings (SSSR count). The van der Waals surface area contributed by atoms with Crippen molar-refractivity contribution >= 4 is 5.69 Å². The van der Waals surface area contributed by atoms with Crippen molar-refractivity contribution in [1.29, 1.82) is 0 Å². The van der Waals surface area contributed by atoms with Crippen LogP contribution in [0.5, 0.6) is 0 Å². The number of nitrogens with one attached hydrogen (secondary N) is 1. The van der Waals surface area contributed by atoms with Crippen LogP contribution in [0.1, 0.15) is 18.5 Å². The summed E-state index contributed by atoms with van der Waals surface area (Å²) in [5.74, 6) is -2.58. The van der Waals surface area contributed by atoms with Gasteiger partial charge in [0.05, 0.1) is 16.7 Å². The van der Waals surface area contributed by atoms with Crippen LogP contribution in [0.4, 0.5) is 14.5 Å². The van der Waals surface area contributed by atoms with Gasteiger partial charge in [-0.25, -0.2) is 13.8 Å². The predicted molar refractivity (Wildman–Crippen MR) is 68.4 cm³/mol. The van der Waals surface area contributed by atoms with Crippen LogP contribution in [-0.4, -0.2) is 15.9 Å². The Kier molecular flexibility index (Phi) is 3.38. The molecule has 2 aromatic rings. The molecular weight excluding hydrogens is 284 g/mol. The molecule has 1 N–H and O–H groups in total. The molecule has 1 heterocycles. The van der Waals surface area contributed by atoms with E-state index in [0.29, 0.717) is 24.3 Å². The second kappa shape index (κ2) is 5.21. The molecule has 8 heteroatoms. The number of benzene rings is 1. The normalized spacial score (nSPS) is 14.4. The van der Waals surface area contributed by atoms with Gasteiger partial charge in [-0.15, -0.1) is 0 Å². The molecule has 21 heavy (non-hydrogen) atoms. The van der Waals surface area contributed by atoms with E-state index in [-0.39, 0.29) is 11.5 Å². The molecule has 0 bridgehead atoms. The Labute approximate surface area is 117 Å². The average Bonchev–Trinajstić information content (AvgIpc) is 3.16. The number of halogens is 2. The molecule has 1 fully saturated rings. The topological polar surface area (TPSA) is 81.2 Å². The molecule has 1 aromatic carbocycles. The summed E-state index contributed by atoms with van der Waals surface area (Å²) in [7, 11) is 0. The second-order valence-electron chi connectivity index (χ2n) is 4.84. The van der Waals surface area contributed by atoms with Crippen LogP contribution < -0.4 is 5.32 Å². The van der Waals surface area contributed by atoms with Crippen LogP contribution in [0, 0.1) is 21.7 Å². The smallest absolute Gasteiger partial charge is 0.285 e. The van der Waals surface area contributed by atoms with Gasteiger partial charge in [0.1, 0.15) is 11.8 Å². The fraction of sp³-hybridized carbons (Fsp3) is 0.308. The zero-order valence-corrected chi connectivity index (χ0v) is 10.8. The van der Waals surface area contributed by atoms with Crippen molar-refractivity contribution in [3.05, 3.63) is 45.8 Å². The summed E-state index contributed by atoms with van der Waals surface area (Å²) in [5.41, 5.74) is -0.218. The fourth-order valence-corrected chi connectivity index (χ4v) is 1.91. The number of nitro benzene ring substituents is 1. The molecule has 0 spiro atoms. The maximum absolute atomic E-state index is 13.3. The lowest BCUT2D eigenvalue weighted by Gasteiger charge is -2.00. The minimum absolute atomic E-state index is 0.104. The molecule has 0 atom stereocenters. The molecule has 1 aromatic heterocycles. The monoisotopic (exact) mass is 295 g/mol. The third kappa shape index (κ3) is 2.89. The molecule has 6 nitrogen and oxygen atoms in total. The first-order valence-corrected chi connectivity index (χ1v) is 6.36. The van der Waals surface area contributed by atoms with Crippen LogP contribution in [0.2, 0.25) is 0 Å². The SMILES string of the molecule is O=[N+]([O-])c1cc(F)c(F)cc1-c1nc(CNC2CC2)co1. The van der Waals surface area contributed by atoms with Crippen molar-refractivity contribution in [2.24, 2.45) is 0 Å². The molecule has 0 unspecified atom stereocenters. The van der Waals surface area contributed by atoms with Gasteiger partial charge in [-0.1, -0.05) is 0 Å². The van der Waals surface area contributed by atoms with Gasteiger partial charge in [0, 0.05) is 12.6 Å². The number of rotatable bonds is 5. The maximum atomic E-state index is 13.3. The lowest BCUT2D eigenvalue weighted by Crippen LogP contribution is -2.15. The van der Waals surface area contributed by atoms with Gasteiger partial charge in [-0.2, -0.15) is 0 Å². The van der Waals surface area contributed by atoms with Crippen LogP contribution in [-0.2, 0) is 6.54 Å². The first kappa shape index (κ1) is 13.6. The Balaban J connectivity index is 1.91. The third-order valence-corrected chi connectivity index (χ3v) is 3.17. The Morgan fingerprint density at radius 1 is 1.38 bits per heavy atom. The third-order valence-electron chi connectivity index (χ3n) is 3.17. The van der Waals surface area contributed by atoms with Crippen LogP contribution >= 0.6 is 0 Å². The summed E-state index contributed by atoms with van der Waals surface area (Å²) in [4.78, 5) is 14.2. The lowest BCUT2D eigenvalue weighted by atomic mass is 10.1. The molecule has 1 saturated carbocycles. The van der Waals surface area contributed by atoms with E-state index in [1.807, 2.05) is 0 Å². The molecule has 0 radical (unpaired) electrons. The van der Waals surface area contributed by atoms with E-state index in [1.54, 1.807) is 0 Å². The van der Waals surface area contributed by atoms with E-state index in [0.717, 1.165) is 18.9 Å². The van der Waals surface area contributed by atoms with Crippen LogP contribution in [0.25, 0.3) is 11.5 Å². The summed E-state index contributed by atoms with van der Waals surface area (Å²) in [5, 5.41) is 14.1. The van der Waals surface area contributed by atoms with Gasteiger partial charge in [0.2, 0.25) is 5.89 Å². The molecule has 0 aliphatic heterocycles. The number of nitrogens with zero attached hydrogens (tertiary/aromatic N) is 2. The lowest BCUT2D eigenvalue weighted by molar-refractivity contribution is -0.384. The summed E-state index contributed by atoms with van der Waals surface area (Å²) in [6.07, 6.45) is 3.56. The molecule has 0 saturated heterocycles. The van der Waals surface area contributed by atoms with Gasteiger partial charge in [0.15, 0.2) is 11.6 Å². The quantitative estimate of drug-likeness (QED) is 0.677.